The van der Waals surface area contributed by atoms with Gasteiger partial charge in [0, 0.05) is 17.1 Å². The van der Waals surface area contributed by atoms with E-state index in [0.29, 0.717) is 5.02 Å². The second kappa shape index (κ2) is 6.40. The van der Waals surface area contributed by atoms with Crippen LogP contribution in [0.2, 0.25) is 5.02 Å². The maximum atomic E-state index is 11.1. The van der Waals surface area contributed by atoms with Crippen molar-refractivity contribution in [2.75, 3.05) is 5.32 Å². The first-order valence-electron chi connectivity index (χ1n) is 6.33. The lowest BCUT2D eigenvalue weighted by Crippen LogP contribution is -2.08. The third-order valence-electron chi connectivity index (χ3n) is 3.13. The maximum absolute atomic E-state index is 11.1. The van der Waals surface area contributed by atoms with Crippen molar-refractivity contribution in [1.82, 2.24) is 0 Å². The van der Waals surface area contributed by atoms with Crippen molar-refractivity contribution in [1.29, 1.82) is 0 Å². The number of nitrogens with one attached hydrogen (secondary N) is 1. The number of nitrogens with zero attached hydrogens (tertiary/aromatic N) is 2. The lowest BCUT2D eigenvalue weighted by Gasteiger charge is -2.15. The molecule has 2 rings (SSSR count). The highest BCUT2D eigenvalue weighted by Gasteiger charge is 2.20. The number of anilines is 1. The number of nitro groups is 2. The molecule has 8 heteroatoms. The number of halogens is 1. The molecule has 0 aromatic heterocycles. The van der Waals surface area contributed by atoms with Crippen LogP contribution in [0.3, 0.4) is 0 Å². The summed E-state index contributed by atoms with van der Waals surface area (Å²) in [6.45, 7) is 1.83. The molecule has 0 saturated carbocycles. The van der Waals surface area contributed by atoms with E-state index in [1.807, 2.05) is 6.92 Å². The minimum Gasteiger partial charge on any atom is -0.373 e. The highest BCUT2D eigenvalue weighted by atomic mass is 35.5. The van der Waals surface area contributed by atoms with Gasteiger partial charge < -0.3 is 5.32 Å². The van der Waals surface area contributed by atoms with Crippen LogP contribution >= 0.6 is 11.6 Å². The van der Waals surface area contributed by atoms with E-state index in [2.05, 4.69) is 5.32 Å². The van der Waals surface area contributed by atoms with Gasteiger partial charge >= 0.3 is 0 Å². The Hall–Kier alpha value is -2.67. The highest BCUT2D eigenvalue weighted by Crippen LogP contribution is 2.31. The Bertz CT molecular complexity index is 719. The van der Waals surface area contributed by atoms with Gasteiger partial charge in [0.05, 0.1) is 15.9 Å². The average molecular weight is 322 g/mol. The molecule has 2 aromatic carbocycles. The summed E-state index contributed by atoms with van der Waals surface area (Å²) in [5.74, 6) is 0. The first kappa shape index (κ1) is 15.7. The lowest BCUT2D eigenvalue weighted by molar-refractivity contribution is -0.393. The molecule has 0 saturated heterocycles. The third-order valence-corrected chi connectivity index (χ3v) is 3.38. The van der Waals surface area contributed by atoms with Gasteiger partial charge in [0.2, 0.25) is 0 Å². The van der Waals surface area contributed by atoms with Crippen molar-refractivity contribution in [3.63, 3.8) is 0 Å². The molecule has 1 N–H and O–H groups in total. The van der Waals surface area contributed by atoms with Crippen LogP contribution in [0.5, 0.6) is 0 Å². The van der Waals surface area contributed by atoms with E-state index in [1.165, 1.54) is 12.1 Å². The van der Waals surface area contributed by atoms with Crippen LogP contribution in [0.25, 0.3) is 0 Å². The maximum Gasteiger partial charge on any atom is 0.299 e. The number of rotatable bonds is 5. The molecule has 0 fully saturated rings. The normalized spacial score (nSPS) is 11.7. The molecule has 0 heterocycles. The van der Waals surface area contributed by atoms with E-state index in [4.69, 9.17) is 11.6 Å². The van der Waals surface area contributed by atoms with Crippen molar-refractivity contribution in [3.8, 4) is 0 Å². The highest BCUT2D eigenvalue weighted by molar-refractivity contribution is 6.30. The molecular weight excluding hydrogens is 310 g/mol. The SMILES string of the molecule is C[C@@H](Nc1ccc([N+](=O)[O-])cc1[N+](=O)[O-])c1ccc(Cl)cc1. The van der Waals surface area contributed by atoms with Gasteiger partial charge in [-0.2, -0.15) is 0 Å². The van der Waals surface area contributed by atoms with Gasteiger partial charge in [-0.05, 0) is 30.7 Å². The van der Waals surface area contributed by atoms with E-state index >= 15 is 0 Å². The van der Waals surface area contributed by atoms with Crippen molar-refractivity contribution < 1.29 is 9.85 Å². The zero-order valence-corrected chi connectivity index (χ0v) is 12.3. The van der Waals surface area contributed by atoms with E-state index in [-0.39, 0.29) is 23.1 Å². The molecule has 0 bridgehead atoms. The molecule has 0 unspecified atom stereocenters. The second-order valence-corrected chi connectivity index (χ2v) is 5.07. The fourth-order valence-corrected chi connectivity index (χ4v) is 2.10. The second-order valence-electron chi connectivity index (χ2n) is 4.63. The van der Waals surface area contributed by atoms with Gasteiger partial charge in [-0.25, -0.2) is 0 Å². The predicted octanol–water partition coefficient (Wildman–Crippen LogP) is 4.33. The molecule has 0 aliphatic carbocycles. The predicted molar refractivity (Wildman–Crippen MR) is 83.2 cm³/mol. The van der Waals surface area contributed by atoms with E-state index in [1.54, 1.807) is 24.3 Å². The van der Waals surface area contributed by atoms with Gasteiger partial charge in [-0.1, -0.05) is 23.7 Å². The summed E-state index contributed by atoms with van der Waals surface area (Å²) in [6, 6.07) is 10.3. The molecule has 22 heavy (non-hydrogen) atoms. The minimum atomic E-state index is -0.667. The van der Waals surface area contributed by atoms with Crippen molar-refractivity contribution in [2.24, 2.45) is 0 Å². The van der Waals surface area contributed by atoms with Crippen LogP contribution in [-0.2, 0) is 0 Å². The molecule has 114 valence electrons. The molecular formula is C14H12ClN3O4. The van der Waals surface area contributed by atoms with Gasteiger partial charge in [-0.15, -0.1) is 0 Å². The van der Waals surface area contributed by atoms with Gasteiger partial charge in [0.1, 0.15) is 5.69 Å². The number of benzene rings is 2. The first-order chi connectivity index (χ1) is 10.4. The summed E-state index contributed by atoms with van der Waals surface area (Å²) in [5, 5.41) is 25.4. The van der Waals surface area contributed by atoms with E-state index in [0.717, 1.165) is 11.6 Å². The summed E-state index contributed by atoms with van der Waals surface area (Å²) in [4.78, 5) is 20.5. The Balaban J connectivity index is 2.30. The Morgan fingerprint density at radius 2 is 1.68 bits per heavy atom. The van der Waals surface area contributed by atoms with Gasteiger partial charge in [0.25, 0.3) is 11.4 Å². The van der Waals surface area contributed by atoms with Gasteiger partial charge in [-0.3, -0.25) is 20.2 Å². The monoisotopic (exact) mass is 321 g/mol. The quantitative estimate of drug-likeness (QED) is 0.652. The van der Waals surface area contributed by atoms with Crippen LogP contribution in [-0.4, -0.2) is 9.85 Å². The van der Waals surface area contributed by atoms with Crippen LogP contribution in [0.4, 0.5) is 17.1 Å². The molecule has 7 nitrogen and oxygen atoms in total. The van der Waals surface area contributed by atoms with E-state index in [9.17, 15) is 20.2 Å². The lowest BCUT2D eigenvalue weighted by atomic mass is 10.1. The van der Waals surface area contributed by atoms with Crippen molar-refractivity contribution in [2.45, 2.75) is 13.0 Å². The molecule has 2 aromatic rings. The topological polar surface area (TPSA) is 98.3 Å². The van der Waals surface area contributed by atoms with Gasteiger partial charge in [0.15, 0.2) is 0 Å². The van der Waals surface area contributed by atoms with Crippen LogP contribution in [0, 0.1) is 20.2 Å². The largest absolute Gasteiger partial charge is 0.373 e. The zero-order chi connectivity index (χ0) is 16.3. The summed E-state index contributed by atoms with van der Waals surface area (Å²) in [6.07, 6.45) is 0. The van der Waals surface area contributed by atoms with E-state index < -0.39 is 9.85 Å². The van der Waals surface area contributed by atoms with Crippen molar-refractivity contribution >= 4 is 28.7 Å². The summed E-state index contributed by atoms with van der Waals surface area (Å²) in [5.41, 5.74) is 0.446. The Labute approximate surface area is 130 Å². The fourth-order valence-electron chi connectivity index (χ4n) is 1.97. The number of non-ortho nitro benzene ring substituents is 1. The first-order valence-corrected chi connectivity index (χ1v) is 6.71. The average Bonchev–Trinajstić information content (AvgIpc) is 2.47. The minimum absolute atomic E-state index is 0.220. The number of hydrogen-bond donors (Lipinski definition) is 1. The van der Waals surface area contributed by atoms with Crippen molar-refractivity contribution in [3.05, 3.63) is 73.3 Å². The molecule has 1 atom stereocenters. The summed E-state index contributed by atoms with van der Waals surface area (Å²) < 4.78 is 0. The third kappa shape index (κ3) is 3.50. The number of hydrogen-bond acceptors (Lipinski definition) is 5. The summed E-state index contributed by atoms with van der Waals surface area (Å²) >= 11 is 5.82. The molecule has 0 aliphatic rings. The Morgan fingerprint density at radius 1 is 1.05 bits per heavy atom. The number of nitro benzene ring substituents is 2. The van der Waals surface area contributed by atoms with Crippen LogP contribution in [0.1, 0.15) is 18.5 Å². The molecule has 0 aliphatic heterocycles. The Morgan fingerprint density at radius 3 is 2.23 bits per heavy atom. The fraction of sp³-hybridized carbons (Fsp3) is 0.143. The standard InChI is InChI=1S/C14H12ClN3O4/c1-9(10-2-4-11(15)5-3-10)16-13-7-6-12(17(19)20)8-14(13)18(21)22/h2-9,16H,1H3/t9-/m1/s1. The molecule has 0 spiro atoms. The van der Waals surface area contributed by atoms with Crippen LogP contribution < -0.4 is 5.32 Å². The smallest absolute Gasteiger partial charge is 0.299 e. The molecule has 0 amide bonds. The summed E-state index contributed by atoms with van der Waals surface area (Å²) in [7, 11) is 0. The zero-order valence-electron chi connectivity index (χ0n) is 11.5. The molecule has 0 radical (unpaired) electrons. The van der Waals surface area contributed by atoms with Crippen LogP contribution in [0.15, 0.2) is 42.5 Å². The Kier molecular flexibility index (Phi) is 4.57.